The van der Waals surface area contributed by atoms with Crippen molar-refractivity contribution in [2.75, 3.05) is 19.0 Å². The van der Waals surface area contributed by atoms with Gasteiger partial charge >= 0.3 is 0 Å². The zero-order chi connectivity index (χ0) is 17.0. The normalized spacial score (nSPS) is 43.1. The molecule has 1 saturated heterocycles. The van der Waals surface area contributed by atoms with E-state index in [1.165, 1.54) is 6.42 Å². The number of hydrogen-bond acceptors (Lipinski definition) is 5. The number of carbonyl (C=O) groups excluding carboxylic acids is 1. The van der Waals surface area contributed by atoms with Gasteiger partial charge in [-0.05, 0) is 62.2 Å². The van der Waals surface area contributed by atoms with Crippen LogP contribution in [0.4, 0.5) is 0 Å². The van der Waals surface area contributed by atoms with Gasteiger partial charge in [-0.2, -0.15) is 8.42 Å². The first kappa shape index (κ1) is 16.9. The van der Waals surface area contributed by atoms with E-state index in [-0.39, 0.29) is 29.3 Å². The number of Topliss-reactive ketones (excluding diaryl/α,β-unsaturated/α-hetero) is 1. The monoisotopic (exact) mass is 358 g/mol. The molecule has 5 aliphatic rings. The van der Waals surface area contributed by atoms with Crippen molar-refractivity contribution >= 4 is 15.9 Å². The quantitative estimate of drug-likeness (QED) is 0.527. The van der Waals surface area contributed by atoms with Gasteiger partial charge in [0.15, 0.2) is 0 Å². The first-order valence-corrected chi connectivity index (χ1v) is 10.6. The van der Waals surface area contributed by atoms with Crippen LogP contribution in [0, 0.1) is 17.3 Å². The maximum Gasteiger partial charge on any atom is 0.272 e. The number of carbonyl (C=O) groups is 1. The van der Waals surface area contributed by atoms with Crippen LogP contribution in [0.3, 0.4) is 0 Å². The maximum atomic E-state index is 11.9. The molecule has 5 fully saturated rings. The highest BCUT2D eigenvalue weighted by Gasteiger charge is 2.58. The Morgan fingerprint density at radius 3 is 2.46 bits per heavy atom. The minimum absolute atomic E-state index is 0.0534. The van der Waals surface area contributed by atoms with E-state index in [4.69, 9.17) is 14.0 Å². The minimum Gasteiger partial charge on any atom is -0.372 e. The number of ketones is 1. The van der Waals surface area contributed by atoms with Crippen molar-refractivity contribution in [3.63, 3.8) is 0 Å². The van der Waals surface area contributed by atoms with Crippen molar-refractivity contribution in [2.24, 2.45) is 17.3 Å². The second kappa shape index (κ2) is 5.76. The van der Waals surface area contributed by atoms with E-state index in [2.05, 4.69) is 0 Å². The van der Waals surface area contributed by atoms with Gasteiger partial charge < -0.3 is 9.47 Å². The lowest BCUT2D eigenvalue weighted by molar-refractivity contribution is -0.196. The lowest BCUT2D eigenvalue weighted by Gasteiger charge is -2.62. The van der Waals surface area contributed by atoms with Crippen LogP contribution >= 0.6 is 0 Å². The molecule has 7 heteroatoms. The van der Waals surface area contributed by atoms with Crippen LogP contribution in [-0.4, -0.2) is 49.4 Å². The fourth-order valence-corrected chi connectivity index (χ4v) is 6.49. The largest absolute Gasteiger partial charge is 0.372 e. The van der Waals surface area contributed by atoms with Crippen LogP contribution in [0.5, 0.6) is 0 Å². The van der Waals surface area contributed by atoms with Gasteiger partial charge in [-0.3, -0.25) is 9.35 Å². The zero-order valence-corrected chi connectivity index (χ0v) is 14.7. The Morgan fingerprint density at radius 2 is 1.88 bits per heavy atom. The van der Waals surface area contributed by atoms with Crippen LogP contribution in [0.15, 0.2) is 0 Å². The number of rotatable bonds is 8. The molecule has 4 aliphatic carbocycles. The molecular weight excluding hydrogens is 332 g/mol. The van der Waals surface area contributed by atoms with Gasteiger partial charge in [-0.15, -0.1) is 0 Å². The molecule has 0 amide bonds. The van der Waals surface area contributed by atoms with Crippen LogP contribution in [-0.2, 0) is 24.4 Å². The van der Waals surface area contributed by atoms with Crippen molar-refractivity contribution in [3.8, 4) is 0 Å². The fourth-order valence-electron chi connectivity index (χ4n) is 5.94. The van der Waals surface area contributed by atoms with Gasteiger partial charge in [0, 0.05) is 6.42 Å². The Balaban J connectivity index is 1.41. The van der Waals surface area contributed by atoms with Crippen LogP contribution in [0.1, 0.15) is 51.4 Å². The molecule has 3 atom stereocenters. The summed E-state index contributed by atoms with van der Waals surface area (Å²) in [5, 5.41) is 0. The third-order valence-electron chi connectivity index (χ3n) is 6.38. The average molecular weight is 358 g/mol. The third-order valence-corrected chi connectivity index (χ3v) is 7.07. The second-order valence-corrected chi connectivity index (χ2v) is 10.1. The molecule has 4 bridgehead atoms. The summed E-state index contributed by atoms with van der Waals surface area (Å²) >= 11 is 0. The number of hydrogen-bond donors (Lipinski definition) is 1. The number of epoxide rings is 1. The van der Waals surface area contributed by atoms with Gasteiger partial charge in [0.05, 0.1) is 18.8 Å². The van der Waals surface area contributed by atoms with Gasteiger partial charge in [0.1, 0.15) is 17.6 Å². The molecule has 0 spiro atoms. The van der Waals surface area contributed by atoms with E-state index in [1.807, 2.05) is 0 Å². The molecule has 6 nitrogen and oxygen atoms in total. The highest BCUT2D eigenvalue weighted by Crippen LogP contribution is 2.64. The van der Waals surface area contributed by atoms with Crippen molar-refractivity contribution in [3.05, 3.63) is 0 Å². The van der Waals surface area contributed by atoms with E-state index in [9.17, 15) is 13.2 Å². The van der Waals surface area contributed by atoms with Crippen molar-refractivity contribution < 1.29 is 27.2 Å². The molecule has 3 unspecified atom stereocenters. The molecule has 1 aliphatic heterocycles. The highest BCUT2D eigenvalue weighted by molar-refractivity contribution is 7.86. The maximum absolute atomic E-state index is 11.9. The van der Waals surface area contributed by atoms with E-state index in [0.717, 1.165) is 45.1 Å². The molecule has 0 aromatic heterocycles. The topological polar surface area (TPSA) is 93.2 Å². The molecule has 0 aromatic carbocycles. The smallest absolute Gasteiger partial charge is 0.272 e. The van der Waals surface area contributed by atoms with Crippen molar-refractivity contribution in [1.82, 2.24) is 0 Å². The lowest BCUT2D eigenvalue weighted by Crippen LogP contribution is -2.57. The van der Waals surface area contributed by atoms with Crippen molar-refractivity contribution in [1.29, 1.82) is 0 Å². The summed E-state index contributed by atoms with van der Waals surface area (Å²) in [4.78, 5) is 11.9. The molecular formula is C17H26O6S. The zero-order valence-electron chi connectivity index (χ0n) is 13.9. The summed E-state index contributed by atoms with van der Waals surface area (Å²) in [6.07, 6.45) is 7.99. The second-order valence-electron chi connectivity index (χ2n) is 8.68. The predicted molar refractivity (Wildman–Crippen MR) is 86.2 cm³/mol. The van der Waals surface area contributed by atoms with E-state index >= 15 is 0 Å². The summed E-state index contributed by atoms with van der Waals surface area (Å²) in [5.41, 5.74) is 0.0610. The van der Waals surface area contributed by atoms with Gasteiger partial charge in [0.2, 0.25) is 0 Å². The van der Waals surface area contributed by atoms with Crippen LogP contribution < -0.4 is 0 Å². The summed E-state index contributed by atoms with van der Waals surface area (Å²) in [5.74, 6) is 0.206. The molecule has 5 rings (SSSR count). The Morgan fingerprint density at radius 1 is 1.21 bits per heavy atom. The predicted octanol–water partition coefficient (Wildman–Crippen LogP) is 1.98. The fraction of sp³-hybridized carbons (Fsp3) is 0.941. The Hall–Kier alpha value is -0.500. The summed E-state index contributed by atoms with van der Waals surface area (Å²) < 4.78 is 42.2. The molecule has 136 valence electrons. The Labute approximate surface area is 143 Å². The lowest BCUT2D eigenvalue weighted by atomic mass is 9.47. The molecule has 0 aromatic rings. The Bertz CT molecular complexity index is 609. The first-order valence-electron chi connectivity index (χ1n) is 8.97. The summed E-state index contributed by atoms with van der Waals surface area (Å²) in [6.45, 7) is 1.48. The average Bonchev–Trinajstić information content (AvgIpc) is 3.24. The Kier molecular flexibility index (Phi) is 4.06. The molecule has 1 N–H and O–H groups in total. The van der Waals surface area contributed by atoms with Gasteiger partial charge in [-0.1, -0.05) is 0 Å². The van der Waals surface area contributed by atoms with Gasteiger partial charge in [-0.25, -0.2) is 0 Å². The standard InChI is InChI=1S/C17H26O6S/c18-14(10-24(19,20)21)1-2-16-4-12-3-13(5-16)7-17(6-12,11-16)23-9-15-8-22-15/h12-13,15H,1-11H2,(H,19,20,21). The van der Waals surface area contributed by atoms with Crippen LogP contribution in [0.2, 0.25) is 0 Å². The highest BCUT2D eigenvalue weighted by atomic mass is 32.2. The van der Waals surface area contributed by atoms with Gasteiger partial charge in [0.25, 0.3) is 10.1 Å². The number of ether oxygens (including phenoxy) is 2. The van der Waals surface area contributed by atoms with E-state index in [0.29, 0.717) is 18.4 Å². The third kappa shape index (κ3) is 3.69. The molecule has 4 saturated carbocycles. The SMILES string of the molecule is O=C(CCC12CC3CC(C1)CC(OCC1CO1)(C3)C2)CS(=O)(=O)O. The van der Waals surface area contributed by atoms with Crippen molar-refractivity contribution in [2.45, 2.75) is 63.1 Å². The van der Waals surface area contributed by atoms with E-state index < -0.39 is 15.9 Å². The van der Waals surface area contributed by atoms with Crippen LogP contribution in [0.25, 0.3) is 0 Å². The molecule has 1 heterocycles. The minimum atomic E-state index is -4.21. The summed E-state index contributed by atoms with van der Waals surface area (Å²) in [7, 11) is -4.21. The molecule has 0 radical (unpaired) electrons. The summed E-state index contributed by atoms with van der Waals surface area (Å²) in [6, 6.07) is 0. The van der Waals surface area contributed by atoms with E-state index in [1.54, 1.807) is 0 Å². The first-order chi connectivity index (χ1) is 11.3. The molecule has 24 heavy (non-hydrogen) atoms.